The Balaban J connectivity index is 3.17. The first-order valence-electron chi connectivity index (χ1n) is 5.90. The van der Waals surface area contributed by atoms with E-state index < -0.39 is 0 Å². The van der Waals surface area contributed by atoms with E-state index in [1.165, 1.54) is 0 Å². The Hall–Kier alpha value is -1.25. The molecule has 0 spiro atoms. The molecule has 1 aromatic rings. The molecule has 0 unspecified atom stereocenters. The van der Waals surface area contributed by atoms with Crippen molar-refractivity contribution in [1.29, 1.82) is 0 Å². The van der Waals surface area contributed by atoms with Gasteiger partial charge in [0.15, 0.2) is 0 Å². The normalized spacial score (nSPS) is 11.5. The van der Waals surface area contributed by atoms with Crippen molar-refractivity contribution in [2.75, 3.05) is 18.1 Å². The second-order valence-corrected chi connectivity index (χ2v) is 4.96. The standard InChI is InChI=1S/C13H23N3/c1-8(2)12(9(3)4)11-6-10(15-5)7-16-13(11)14/h6-9,12,15H,1-5H3,(H2,14,16). The van der Waals surface area contributed by atoms with Gasteiger partial charge in [0.1, 0.15) is 5.82 Å². The van der Waals surface area contributed by atoms with Crippen LogP contribution in [0, 0.1) is 11.8 Å². The Morgan fingerprint density at radius 2 is 1.75 bits per heavy atom. The van der Waals surface area contributed by atoms with Crippen molar-refractivity contribution < 1.29 is 0 Å². The van der Waals surface area contributed by atoms with Crippen molar-refractivity contribution in [3.8, 4) is 0 Å². The monoisotopic (exact) mass is 221 g/mol. The van der Waals surface area contributed by atoms with Gasteiger partial charge < -0.3 is 11.1 Å². The van der Waals surface area contributed by atoms with E-state index in [4.69, 9.17) is 5.73 Å². The average molecular weight is 221 g/mol. The first-order valence-corrected chi connectivity index (χ1v) is 5.90. The molecule has 90 valence electrons. The van der Waals surface area contributed by atoms with Crippen LogP contribution in [-0.4, -0.2) is 12.0 Å². The number of pyridine rings is 1. The number of nitrogen functional groups attached to an aromatic ring is 1. The molecule has 0 aliphatic carbocycles. The van der Waals surface area contributed by atoms with E-state index in [9.17, 15) is 0 Å². The highest BCUT2D eigenvalue weighted by Gasteiger charge is 2.22. The van der Waals surface area contributed by atoms with Gasteiger partial charge >= 0.3 is 0 Å². The molecule has 0 aliphatic heterocycles. The van der Waals surface area contributed by atoms with Gasteiger partial charge in [0.25, 0.3) is 0 Å². The van der Waals surface area contributed by atoms with E-state index in [1.54, 1.807) is 6.20 Å². The fraction of sp³-hybridized carbons (Fsp3) is 0.615. The van der Waals surface area contributed by atoms with Crippen LogP contribution in [0.2, 0.25) is 0 Å². The highest BCUT2D eigenvalue weighted by molar-refractivity contribution is 5.52. The summed E-state index contributed by atoms with van der Waals surface area (Å²) in [6, 6.07) is 2.12. The van der Waals surface area contributed by atoms with Crippen LogP contribution >= 0.6 is 0 Å². The van der Waals surface area contributed by atoms with E-state index in [0.717, 1.165) is 11.3 Å². The van der Waals surface area contributed by atoms with Gasteiger partial charge in [0.05, 0.1) is 11.9 Å². The van der Waals surface area contributed by atoms with Crippen LogP contribution in [0.1, 0.15) is 39.2 Å². The van der Waals surface area contributed by atoms with Gasteiger partial charge in [0.2, 0.25) is 0 Å². The van der Waals surface area contributed by atoms with Crippen LogP contribution in [-0.2, 0) is 0 Å². The molecule has 0 saturated heterocycles. The maximum Gasteiger partial charge on any atom is 0.126 e. The Labute approximate surface area is 98.5 Å². The van der Waals surface area contributed by atoms with Gasteiger partial charge in [-0.3, -0.25) is 0 Å². The van der Waals surface area contributed by atoms with Crippen molar-refractivity contribution in [2.24, 2.45) is 11.8 Å². The lowest BCUT2D eigenvalue weighted by Crippen LogP contribution is -2.16. The van der Waals surface area contributed by atoms with Crippen molar-refractivity contribution in [3.05, 3.63) is 17.8 Å². The van der Waals surface area contributed by atoms with Gasteiger partial charge in [-0.25, -0.2) is 4.98 Å². The van der Waals surface area contributed by atoms with Gasteiger partial charge in [-0.05, 0) is 29.4 Å². The minimum atomic E-state index is 0.459. The van der Waals surface area contributed by atoms with Crippen molar-refractivity contribution >= 4 is 11.5 Å². The van der Waals surface area contributed by atoms with Gasteiger partial charge in [-0.1, -0.05) is 27.7 Å². The summed E-state index contributed by atoms with van der Waals surface area (Å²) in [5.74, 6) is 2.25. The van der Waals surface area contributed by atoms with Crippen LogP contribution in [0.3, 0.4) is 0 Å². The average Bonchev–Trinajstić information content (AvgIpc) is 2.20. The first kappa shape index (κ1) is 12.8. The molecule has 0 saturated carbocycles. The molecule has 0 aromatic carbocycles. The Morgan fingerprint density at radius 3 is 2.19 bits per heavy atom. The number of aromatic nitrogens is 1. The molecule has 0 fully saturated rings. The van der Waals surface area contributed by atoms with Crippen LogP contribution < -0.4 is 11.1 Å². The number of hydrogen-bond donors (Lipinski definition) is 2. The minimum absolute atomic E-state index is 0.459. The Morgan fingerprint density at radius 1 is 1.19 bits per heavy atom. The fourth-order valence-corrected chi connectivity index (χ4v) is 2.38. The molecule has 3 nitrogen and oxygen atoms in total. The van der Waals surface area contributed by atoms with Gasteiger partial charge in [0, 0.05) is 7.05 Å². The summed E-state index contributed by atoms with van der Waals surface area (Å²) in [4.78, 5) is 4.25. The molecule has 3 N–H and O–H groups in total. The first-order chi connectivity index (χ1) is 7.47. The summed E-state index contributed by atoms with van der Waals surface area (Å²) in [5.41, 5.74) is 8.17. The number of nitrogens with two attached hydrogens (primary N) is 1. The molecule has 1 heterocycles. The Kier molecular flexibility index (Phi) is 4.16. The summed E-state index contributed by atoms with van der Waals surface area (Å²) >= 11 is 0. The third-order valence-electron chi connectivity index (χ3n) is 3.03. The van der Waals surface area contributed by atoms with Crippen molar-refractivity contribution in [2.45, 2.75) is 33.6 Å². The third-order valence-corrected chi connectivity index (χ3v) is 3.03. The molecule has 3 heteroatoms. The van der Waals surface area contributed by atoms with Gasteiger partial charge in [-0.15, -0.1) is 0 Å². The van der Waals surface area contributed by atoms with Gasteiger partial charge in [-0.2, -0.15) is 0 Å². The van der Waals surface area contributed by atoms with Crippen molar-refractivity contribution in [1.82, 2.24) is 4.98 Å². The molecule has 0 radical (unpaired) electrons. The topological polar surface area (TPSA) is 50.9 Å². The number of nitrogens with zero attached hydrogens (tertiary/aromatic N) is 1. The van der Waals surface area contributed by atoms with E-state index >= 15 is 0 Å². The van der Waals surface area contributed by atoms with Crippen molar-refractivity contribution in [3.63, 3.8) is 0 Å². The zero-order valence-corrected chi connectivity index (χ0v) is 10.9. The predicted octanol–water partition coefficient (Wildman–Crippen LogP) is 3.10. The quantitative estimate of drug-likeness (QED) is 0.821. The second-order valence-electron chi connectivity index (χ2n) is 4.96. The molecular formula is C13H23N3. The predicted molar refractivity (Wildman–Crippen MR) is 70.6 cm³/mol. The summed E-state index contributed by atoms with van der Waals surface area (Å²) < 4.78 is 0. The van der Waals surface area contributed by atoms with E-state index in [1.807, 2.05) is 7.05 Å². The SMILES string of the molecule is CNc1cnc(N)c(C(C(C)C)C(C)C)c1. The van der Waals surface area contributed by atoms with Crippen LogP contribution in [0.4, 0.5) is 11.5 Å². The summed E-state index contributed by atoms with van der Waals surface area (Å²) in [6.45, 7) is 8.93. The third kappa shape index (κ3) is 2.65. The molecule has 1 rings (SSSR count). The number of rotatable bonds is 4. The highest BCUT2D eigenvalue weighted by atomic mass is 14.9. The highest BCUT2D eigenvalue weighted by Crippen LogP contribution is 2.35. The van der Waals surface area contributed by atoms with E-state index in [0.29, 0.717) is 23.6 Å². The summed E-state index contributed by atoms with van der Waals surface area (Å²) in [7, 11) is 1.90. The zero-order chi connectivity index (χ0) is 12.3. The van der Waals surface area contributed by atoms with E-state index in [-0.39, 0.29) is 0 Å². The van der Waals surface area contributed by atoms with Crippen LogP contribution in [0.15, 0.2) is 12.3 Å². The molecular weight excluding hydrogens is 198 g/mol. The smallest absolute Gasteiger partial charge is 0.126 e. The number of anilines is 2. The lowest BCUT2D eigenvalue weighted by atomic mass is 9.80. The Bertz CT molecular complexity index is 337. The summed E-state index contributed by atoms with van der Waals surface area (Å²) in [6.07, 6.45) is 1.77. The number of nitrogens with one attached hydrogen (secondary N) is 1. The molecule has 0 aliphatic rings. The lowest BCUT2D eigenvalue weighted by molar-refractivity contribution is 0.388. The van der Waals surface area contributed by atoms with E-state index in [2.05, 4.69) is 44.1 Å². The van der Waals surface area contributed by atoms with Crippen LogP contribution in [0.25, 0.3) is 0 Å². The fourth-order valence-electron chi connectivity index (χ4n) is 2.38. The molecule has 1 aromatic heterocycles. The molecule has 0 amide bonds. The second kappa shape index (κ2) is 5.19. The molecule has 0 bridgehead atoms. The molecule has 0 atom stereocenters. The minimum Gasteiger partial charge on any atom is -0.387 e. The maximum atomic E-state index is 5.98. The largest absolute Gasteiger partial charge is 0.387 e. The summed E-state index contributed by atoms with van der Waals surface area (Å²) in [5, 5.41) is 3.11. The maximum absolute atomic E-state index is 5.98. The number of hydrogen-bond acceptors (Lipinski definition) is 3. The molecule has 16 heavy (non-hydrogen) atoms. The zero-order valence-electron chi connectivity index (χ0n) is 10.9. The van der Waals surface area contributed by atoms with Crippen LogP contribution in [0.5, 0.6) is 0 Å². The lowest BCUT2D eigenvalue weighted by Gasteiger charge is -2.26.